The van der Waals surface area contributed by atoms with E-state index in [1.165, 1.54) is 0 Å². The van der Waals surface area contributed by atoms with E-state index in [1.54, 1.807) is 12.1 Å². The molecule has 4 heteroatoms. The zero-order chi connectivity index (χ0) is 11.1. The summed E-state index contributed by atoms with van der Waals surface area (Å²) in [6.45, 7) is 0. The van der Waals surface area contributed by atoms with Crippen LogP contribution in [0.15, 0.2) is 22.7 Å². The minimum atomic E-state index is -0.738. The highest BCUT2D eigenvalue weighted by Crippen LogP contribution is 2.49. The van der Waals surface area contributed by atoms with E-state index in [1.807, 2.05) is 6.07 Å². The first-order valence-electron chi connectivity index (χ1n) is 4.75. The molecular weight excluding hydrogens is 260 g/mol. The van der Waals surface area contributed by atoms with Gasteiger partial charge in [0.1, 0.15) is 5.75 Å². The van der Waals surface area contributed by atoms with E-state index >= 15 is 0 Å². The fraction of sp³-hybridized carbons (Fsp3) is 0.364. The van der Waals surface area contributed by atoms with Crippen LogP contribution in [0.2, 0.25) is 0 Å². The Morgan fingerprint density at radius 2 is 2.13 bits per heavy atom. The molecule has 2 N–H and O–H groups in total. The number of aromatic hydroxyl groups is 1. The van der Waals surface area contributed by atoms with Crippen molar-refractivity contribution >= 4 is 21.9 Å². The molecule has 3 nitrogen and oxygen atoms in total. The van der Waals surface area contributed by atoms with E-state index in [0.29, 0.717) is 10.9 Å². The maximum absolute atomic E-state index is 11.0. The van der Waals surface area contributed by atoms with Crippen LogP contribution in [-0.4, -0.2) is 16.2 Å². The first kappa shape index (κ1) is 10.5. The monoisotopic (exact) mass is 270 g/mol. The predicted molar refractivity (Wildman–Crippen MR) is 58.8 cm³/mol. The lowest BCUT2D eigenvalue weighted by atomic mass is 9.96. The number of carboxylic acid groups (broad SMARTS) is 1. The minimum absolute atomic E-state index is 0.161. The van der Waals surface area contributed by atoms with E-state index in [2.05, 4.69) is 15.9 Å². The lowest BCUT2D eigenvalue weighted by Gasteiger charge is -2.11. The van der Waals surface area contributed by atoms with E-state index in [4.69, 9.17) is 5.11 Å². The number of phenolic OH excluding ortho intramolecular Hbond substituents is 1. The van der Waals surface area contributed by atoms with Crippen molar-refractivity contribution < 1.29 is 15.0 Å². The molecule has 1 aromatic carbocycles. The van der Waals surface area contributed by atoms with Gasteiger partial charge in [0, 0.05) is 0 Å². The Morgan fingerprint density at radius 1 is 1.47 bits per heavy atom. The van der Waals surface area contributed by atoms with Crippen molar-refractivity contribution in [3.8, 4) is 5.75 Å². The normalized spacial score (nSPS) is 17.4. The lowest BCUT2D eigenvalue weighted by molar-refractivity contribution is -0.143. The molecule has 1 aromatic rings. The average Bonchev–Trinajstić information content (AvgIpc) is 2.94. The third-order valence-electron chi connectivity index (χ3n) is 2.89. The quantitative estimate of drug-likeness (QED) is 0.888. The molecule has 0 unspecified atom stereocenters. The van der Waals surface area contributed by atoms with Gasteiger partial charge in [0.05, 0.1) is 9.89 Å². The van der Waals surface area contributed by atoms with Crippen LogP contribution >= 0.6 is 15.9 Å². The molecule has 1 fully saturated rings. The number of hydrogen-bond donors (Lipinski definition) is 2. The summed E-state index contributed by atoms with van der Waals surface area (Å²) in [6.07, 6.45) is 1.94. The molecule has 1 aliphatic carbocycles. The summed E-state index contributed by atoms with van der Waals surface area (Å²) in [5.74, 6) is -0.577. The van der Waals surface area contributed by atoms with Crippen LogP contribution in [0.3, 0.4) is 0 Å². The van der Waals surface area contributed by atoms with Gasteiger partial charge in [-0.3, -0.25) is 4.79 Å². The molecular formula is C11H11BrO3. The summed E-state index contributed by atoms with van der Waals surface area (Å²) < 4.78 is 0.609. The van der Waals surface area contributed by atoms with Gasteiger partial charge in [-0.2, -0.15) is 0 Å². The van der Waals surface area contributed by atoms with Gasteiger partial charge in [-0.1, -0.05) is 12.1 Å². The van der Waals surface area contributed by atoms with Gasteiger partial charge in [0.15, 0.2) is 0 Å². The van der Waals surface area contributed by atoms with Crippen LogP contribution in [0, 0.1) is 5.41 Å². The van der Waals surface area contributed by atoms with Crippen LogP contribution < -0.4 is 0 Å². The molecule has 15 heavy (non-hydrogen) atoms. The summed E-state index contributed by atoms with van der Waals surface area (Å²) in [7, 11) is 0. The van der Waals surface area contributed by atoms with Crippen LogP contribution in [0.5, 0.6) is 5.75 Å². The fourth-order valence-electron chi connectivity index (χ4n) is 1.68. The second-order valence-corrected chi connectivity index (χ2v) is 4.81. The van der Waals surface area contributed by atoms with Gasteiger partial charge in [-0.25, -0.2) is 0 Å². The van der Waals surface area contributed by atoms with Crippen LogP contribution in [-0.2, 0) is 11.2 Å². The summed E-state index contributed by atoms with van der Waals surface area (Å²) in [5, 5.41) is 18.5. The Balaban J connectivity index is 2.25. The second-order valence-electron chi connectivity index (χ2n) is 4.01. The largest absolute Gasteiger partial charge is 0.507 e. The van der Waals surface area contributed by atoms with Crippen molar-refractivity contribution in [1.82, 2.24) is 0 Å². The van der Waals surface area contributed by atoms with Crippen LogP contribution in [0.4, 0.5) is 0 Å². The molecule has 1 saturated carbocycles. The van der Waals surface area contributed by atoms with Crippen molar-refractivity contribution in [2.24, 2.45) is 5.41 Å². The molecule has 0 heterocycles. The minimum Gasteiger partial charge on any atom is -0.507 e. The van der Waals surface area contributed by atoms with E-state index in [-0.39, 0.29) is 5.75 Å². The Bertz CT molecular complexity index is 410. The molecule has 0 amide bonds. The highest BCUT2D eigenvalue weighted by Gasteiger charge is 2.50. The van der Waals surface area contributed by atoms with Gasteiger partial charge < -0.3 is 10.2 Å². The van der Waals surface area contributed by atoms with E-state index < -0.39 is 11.4 Å². The highest BCUT2D eigenvalue weighted by atomic mass is 79.9. The molecule has 0 atom stereocenters. The van der Waals surface area contributed by atoms with Crippen molar-refractivity contribution in [2.45, 2.75) is 19.3 Å². The third kappa shape index (κ3) is 1.86. The number of rotatable bonds is 3. The maximum Gasteiger partial charge on any atom is 0.309 e. The van der Waals surface area contributed by atoms with Gasteiger partial charge in [0.25, 0.3) is 0 Å². The number of carboxylic acids is 1. The average molecular weight is 271 g/mol. The molecule has 0 radical (unpaired) electrons. The topological polar surface area (TPSA) is 57.5 Å². The van der Waals surface area contributed by atoms with E-state index in [9.17, 15) is 9.90 Å². The summed E-state index contributed by atoms with van der Waals surface area (Å²) >= 11 is 3.27. The zero-order valence-corrected chi connectivity index (χ0v) is 9.62. The number of aliphatic carboxylic acids is 1. The molecule has 2 rings (SSSR count). The molecule has 0 saturated heterocycles. The van der Waals surface area contributed by atoms with Crippen molar-refractivity contribution in [1.29, 1.82) is 0 Å². The van der Waals surface area contributed by atoms with Crippen LogP contribution in [0.1, 0.15) is 18.4 Å². The molecule has 80 valence electrons. The number of benzene rings is 1. The van der Waals surface area contributed by atoms with Crippen LogP contribution in [0.25, 0.3) is 0 Å². The summed E-state index contributed by atoms with van der Waals surface area (Å²) in [4.78, 5) is 11.0. The molecule has 1 aliphatic rings. The van der Waals surface area contributed by atoms with E-state index in [0.717, 1.165) is 18.4 Å². The molecule has 0 spiro atoms. The Hall–Kier alpha value is -1.03. The summed E-state index contributed by atoms with van der Waals surface area (Å²) in [5.41, 5.74) is 0.269. The first-order valence-corrected chi connectivity index (χ1v) is 5.54. The fourth-order valence-corrected chi connectivity index (χ4v) is 2.09. The zero-order valence-electron chi connectivity index (χ0n) is 8.03. The summed E-state index contributed by atoms with van der Waals surface area (Å²) in [6, 6.07) is 5.15. The van der Waals surface area contributed by atoms with Crippen molar-refractivity contribution in [2.75, 3.05) is 0 Å². The van der Waals surface area contributed by atoms with Gasteiger partial charge in [-0.05, 0) is 46.8 Å². The Kier molecular flexibility index (Phi) is 2.46. The number of halogens is 1. The number of carbonyl (C=O) groups is 1. The predicted octanol–water partition coefficient (Wildman–Crippen LogP) is 2.56. The molecule has 0 aromatic heterocycles. The maximum atomic E-state index is 11.0. The molecule has 0 bridgehead atoms. The van der Waals surface area contributed by atoms with Gasteiger partial charge >= 0.3 is 5.97 Å². The van der Waals surface area contributed by atoms with Gasteiger partial charge in [-0.15, -0.1) is 0 Å². The van der Waals surface area contributed by atoms with Crippen molar-refractivity contribution in [3.05, 3.63) is 28.2 Å². The van der Waals surface area contributed by atoms with Crippen molar-refractivity contribution in [3.63, 3.8) is 0 Å². The SMILES string of the molecule is O=C(O)C1(Cc2cccc(O)c2Br)CC1. The Morgan fingerprint density at radius 3 is 2.67 bits per heavy atom. The highest BCUT2D eigenvalue weighted by molar-refractivity contribution is 9.10. The third-order valence-corrected chi connectivity index (χ3v) is 3.81. The standard InChI is InChI=1S/C11H11BrO3/c12-9-7(2-1-3-8(9)13)6-11(4-5-11)10(14)15/h1-3,13H,4-6H2,(H,14,15). The Labute approximate surface area is 95.9 Å². The van der Waals surface area contributed by atoms with Gasteiger partial charge in [0.2, 0.25) is 0 Å². The molecule has 0 aliphatic heterocycles. The second kappa shape index (κ2) is 3.52. The number of phenols is 1. The smallest absolute Gasteiger partial charge is 0.309 e. The first-order chi connectivity index (χ1) is 7.05. The lowest BCUT2D eigenvalue weighted by Crippen LogP contribution is -2.17. The number of hydrogen-bond acceptors (Lipinski definition) is 2.